The van der Waals surface area contributed by atoms with E-state index >= 15 is 0 Å². The van der Waals surface area contributed by atoms with Crippen molar-refractivity contribution < 1.29 is 4.79 Å². The Morgan fingerprint density at radius 3 is 2.92 bits per heavy atom. The third-order valence-corrected chi connectivity index (χ3v) is 5.05. The van der Waals surface area contributed by atoms with Gasteiger partial charge in [0.1, 0.15) is 0 Å². The maximum absolute atomic E-state index is 13.0. The Kier molecular flexibility index (Phi) is 3.92. The summed E-state index contributed by atoms with van der Waals surface area (Å²) in [5, 5.41) is 1.15. The summed E-state index contributed by atoms with van der Waals surface area (Å²) in [6.07, 6.45) is 6.90. The largest absolute Gasteiger partial charge is 0.371 e. The van der Waals surface area contributed by atoms with Crippen LogP contribution in [0.1, 0.15) is 18.1 Å². The Bertz CT molecular complexity index is 930. The summed E-state index contributed by atoms with van der Waals surface area (Å²) in [6, 6.07) is 8.26. The fourth-order valence-corrected chi connectivity index (χ4v) is 3.63. The lowest BCUT2D eigenvalue weighted by Gasteiger charge is -2.35. The second-order valence-electron chi connectivity index (χ2n) is 6.52. The minimum atomic E-state index is 0.116. The van der Waals surface area contributed by atoms with Crippen molar-refractivity contribution >= 4 is 28.2 Å². The maximum atomic E-state index is 13.0. The number of amides is 1. The average Bonchev–Trinajstić information content (AvgIpc) is 3.05. The van der Waals surface area contributed by atoms with Crippen LogP contribution >= 0.6 is 0 Å². The van der Waals surface area contributed by atoms with Crippen molar-refractivity contribution in [2.45, 2.75) is 19.8 Å². The van der Waals surface area contributed by atoms with E-state index in [1.165, 1.54) is 5.56 Å². The Balaban J connectivity index is 1.64. The van der Waals surface area contributed by atoms with Gasteiger partial charge in [-0.2, -0.15) is 0 Å². The first-order valence-electron chi connectivity index (χ1n) is 8.72. The number of rotatable bonds is 3. The molecule has 3 aromatic rings. The fraction of sp³-hybridized carbons (Fsp3) is 0.300. The summed E-state index contributed by atoms with van der Waals surface area (Å²) in [5.41, 5.74) is 5.44. The van der Waals surface area contributed by atoms with Gasteiger partial charge in [0.25, 0.3) is 0 Å². The van der Waals surface area contributed by atoms with Gasteiger partial charge in [-0.15, -0.1) is 0 Å². The molecular formula is C20H22N4O. The van der Waals surface area contributed by atoms with Crippen LogP contribution in [0.25, 0.3) is 10.9 Å². The SMILES string of the molecule is CCc1cccc2c(CC(=O)N3CCN(C)c4ccncc43)c[nH]c12. The fourth-order valence-electron chi connectivity index (χ4n) is 3.63. The number of nitrogens with one attached hydrogen (secondary N) is 1. The Morgan fingerprint density at radius 1 is 1.20 bits per heavy atom. The second-order valence-corrected chi connectivity index (χ2v) is 6.52. The summed E-state index contributed by atoms with van der Waals surface area (Å²) in [5.74, 6) is 0.116. The number of pyridine rings is 1. The predicted molar refractivity (Wildman–Crippen MR) is 101 cm³/mol. The summed E-state index contributed by atoms with van der Waals surface area (Å²) in [4.78, 5) is 24.6. The molecule has 2 aromatic heterocycles. The van der Waals surface area contributed by atoms with Gasteiger partial charge < -0.3 is 14.8 Å². The van der Waals surface area contributed by atoms with Gasteiger partial charge in [0, 0.05) is 43.4 Å². The standard InChI is InChI=1S/C20H22N4O/c1-3-14-5-4-6-16-15(12-22-20(14)16)11-19(25)24-10-9-23(2)17-7-8-21-13-18(17)24/h4-8,12-13,22H,3,9-11H2,1-2H3. The minimum Gasteiger partial charge on any atom is -0.371 e. The molecule has 0 atom stereocenters. The van der Waals surface area contributed by atoms with E-state index in [-0.39, 0.29) is 5.91 Å². The number of H-pyrrole nitrogens is 1. The summed E-state index contributed by atoms with van der Waals surface area (Å²) < 4.78 is 0. The summed E-state index contributed by atoms with van der Waals surface area (Å²) >= 11 is 0. The lowest BCUT2D eigenvalue weighted by atomic mass is 10.0. The molecule has 128 valence electrons. The molecule has 25 heavy (non-hydrogen) atoms. The number of likely N-dealkylation sites (N-methyl/N-ethyl adjacent to an activating group) is 1. The number of aromatic nitrogens is 2. The number of aryl methyl sites for hydroxylation is 1. The van der Waals surface area contributed by atoms with Gasteiger partial charge >= 0.3 is 0 Å². The highest BCUT2D eigenvalue weighted by molar-refractivity contribution is 6.00. The number of hydrogen-bond acceptors (Lipinski definition) is 3. The predicted octanol–water partition coefficient (Wildman–Crippen LogP) is 3.15. The molecule has 1 N–H and O–H groups in total. The first-order chi connectivity index (χ1) is 12.2. The van der Waals surface area contributed by atoms with Gasteiger partial charge in [-0.25, -0.2) is 0 Å². The molecule has 5 heteroatoms. The third-order valence-electron chi connectivity index (χ3n) is 5.05. The topological polar surface area (TPSA) is 52.2 Å². The highest BCUT2D eigenvalue weighted by Crippen LogP contribution is 2.32. The van der Waals surface area contributed by atoms with Crippen molar-refractivity contribution in [1.82, 2.24) is 9.97 Å². The van der Waals surface area contributed by atoms with Gasteiger partial charge in [-0.3, -0.25) is 9.78 Å². The molecule has 0 unspecified atom stereocenters. The van der Waals surface area contributed by atoms with E-state index in [4.69, 9.17) is 0 Å². The first kappa shape index (κ1) is 15.7. The molecule has 5 nitrogen and oxygen atoms in total. The Morgan fingerprint density at radius 2 is 2.08 bits per heavy atom. The first-order valence-corrected chi connectivity index (χ1v) is 8.72. The number of aromatic amines is 1. The van der Waals surface area contributed by atoms with Crippen molar-refractivity contribution in [3.05, 3.63) is 54.0 Å². The molecule has 0 aliphatic carbocycles. The van der Waals surface area contributed by atoms with Crippen molar-refractivity contribution in [2.75, 3.05) is 29.9 Å². The van der Waals surface area contributed by atoms with E-state index in [0.717, 1.165) is 40.8 Å². The molecule has 3 heterocycles. The van der Waals surface area contributed by atoms with Crippen molar-refractivity contribution in [2.24, 2.45) is 0 Å². The van der Waals surface area contributed by atoms with Gasteiger partial charge in [0.15, 0.2) is 0 Å². The average molecular weight is 334 g/mol. The Labute approximate surface area is 147 Å². The monoisotopic (exact) mass is 334 g/mol. The second kappa shape index (κ2) is 6.24. The molecule has 0 radical (unpaired) electrons. The van der Waals surface area contributed by atoms with Gasteiger partial charge in [-0.05, 0) is 23.6 Å². The number of anilines is 2. The number of nitrogens with zero attached hydrogens (tertiary/aromatic N) is 3. The quantitative estimate of drug-likeness (QED) is 0.800. The van der Waals surface area contributed by atoms with Crippen molar-refractivity contribution in [1.29, 1.82) is 0 Å². The number of fused-ring (bicyclic) bond motifs is 2. The van der Waals surface area contributed by atoms with E-state index in [1.807, 2.05) is 24.2 Å². The molecular weight excluding hydrogens is 312 g/mol. The molecule has 0 bridgehead atoms. The van der Waals surface area contributed by atoms with Gasteiger partial charge in [0.2, 0.25) is 5.91 Å². The number of hydrogen-bond donors (Lipinski definition) is 1. The normalized spacial score (nSPS) is 14.0. The number of para-hydroxylation sites is 1. The molecule has 1 amide bonds. The number of carbonyl (C=O) groups excluding carboxylic acids is 1. The van der Waals surface area contributed by atoms with Crippen LogP contribution in [0.5, 0.6) is 0 Å². The summed E-state index contributed by atoms with van der Waals surface area (Å²) in [7, 11) is 2.05. The lowest BCUT2D eigenvalue weighted by Crippen LogP contribution is -2.43. The zero-order chi connectivity index (χ0) is 17.4. The van der Waals surface area contributed by atoms with Crippen LogP contribution in [0.4, 0.5) is 11.4 Å². The molecule has 1 aliphatic rings. The number of carbonyl (C=O) groups is 1. The third kappa shape index (κ3) is 2.65. The van der Waals surface area contributed by atoms with E-state index in [2.05, 4.69) is 40.0 Å². The van der Waals surface area contributed by atoms with Crippen molar-refractivity contribution in [3.8, 4) is 0 Å². The van der Waals surface area contributed by atoms with Gasteiger partial charge in [-0.1, -0.05) is 25.1 Å². The van der Waals surface area contributed by atoms with E-state index in [1.54, 1.807) is 12.4 Å². The molecule has 1 aliphatic heterocycles. The maximum Gasteiger partial charge on any atom is 0.231 e. The van der Waals surface area contributed by atoms with E-state index < -0.39 is 0 Å². The molecule has 1 aromatic carbocycles. The van der Waals surface area contributed by atoms with E-state index in [0.29, 0.717) is 13.0 Å². The highest BCUT2D eigenvalue weighted by Gasteiger charge is 2.25. The molecule has 0 saturated carbocycles. The van der Waals surface area contributed by atoms with E-state index in [9.17, 15) is 4.79 Å². The van der Waals surface area contributed by atoms with Crippen LogP contribution in [0.15, 0.2) is 42.9 Å². The van der Waals surface area contributed by atoms with Crippen molar-refractivity contribution in [3.63, 3.8) is 0 Å². The molecule has 0 fully saturated rings. The van der Waals surface area contributed by atoms with Gasteiger partial charge in [0.05, 0.1) is 24.0 Å². The van der Waals surface area contributed by atoms with Crippen LogP contribution < -0.4 is 9.80 Å². The highest BCUT2D eigenvalue weighted by atomic mass is 16.2. The lowest BCUT2D eigenvalue weighted by molar-refractivity contribution is -0.118. The van der Waals surface area contributed by atoms with Crippen LogP contribution in [0, 0.1) is 0 Å². The Hall–Kier alpha value is -2.82. The molecule has 4 rings (SSSR count). The van der Waals surface area contributed by atoms with Crippen LogP contribution in [-0.2, 0) is 17.6 Å². The minimum absolute atomic E-state index is 0.116. The smallest absolute Gasteiger partial charge is 0.231 e. The summed E-state index contributed by atoms with van der Waals surface area (Å²) in [6.45, 7) is 3.67. The molecule has 0 spiro atoms. The van der Waals surface area contributed by atoms with Crippen LogP contribution in [0.3, 0.4) is 0 Å². The van der Waals surface area contributed by atoms with Crippen LogP contribution in [-0.4, -0.2) is 36.0 Å². The molecule has 0 saturated heterocycles. The zero-order valence-corrected chi connectivity index (χ0v) is 14.6. The van der Waals surface area contributed by atoms with Crippen LogP contribution in [0.2, 0.25) is 0 Å². The number of benzene rings is 1. The zero-order valence-electron chi connectivity index (χ0n) is 14.6.